The van der Waals surface area contributed by atoms with E-state index in [4.69, 9.17) is 19.3 Å². The lowest BCUT2D eigenvalue weighted by atomic mass is 10.1. The number of hydrogen-bond acceptors (Lipinski definition) is 4. The molecule has 21 heavy (non-hydrogen) atoms. The van der Waals surface area contributed by atoms with E-state index in [0.29, 0.717) is 23.0 Å². The molecule has 5 heteroatoms. The van der Waals surface area contributed by atoms with Gasteiger partial charge in [0.25, 0.3) is 0 Å². The smallest absolute Gasteiger partial charge is 0.335 e. The molecule has 0 saturated heterocycles. The third-order valence-corrected chi connectivity index (χ3v) is 2.99. The average molecular weight is 288 g/mol. The van der Waals surface area contributed by atoms with Crippen LogP contribution in [0.3, 0.4) is 0 Å². The van der Waals surface area contributed by atoms with E-state index in [0.717, 1.165) is 5.56 Å². The summed E-state index contributed by atoms with van der Waals surface area (Å²) in [5.74, 6) is 1.18. The average Bonchev–Trinajstić information content (AvgIpc) is 2.48. The van der Waals surface area contributed by atoms with Crippen molar-refractivity contribution in [1.29, 1.82) is 0 Å². The zero-order valence-corrected chi connectivity index (χ0v) is 12.0. The van der Waals surface area contributed by atoms with Gasteiger partial charge in [0.2, 0.25) is 0 Å². The number of carboxylic acid groups (broad SMARTS) is 1. The van der Waals surface area contributed by atoms with E-state index in [1.165, 1.54) is 12.1 Å². The van der Waals surface area contributed by atoms with Crippen LogP contribution in [0, 0.1) is 6.92 Å². The van der Waals surface area contributed by atoms with Crippen molar-refractivity contribution < 1.29 is 24.1 Å². The van der Waals surface area contributed by atoms with Crippen LogP contribution in [0.5, 0.6) is 23.0 Å². The van der Waals surface area contributed by atoms with Gasteiger partial charge in [-0.15, -0.1) is 0 Å². The molecule has 0 radical (unpaired) electrons. The van der Waals surface area contributed by atoms with Gasteiger partial charge >= 0.3 is 5.97 Å². The van der Waals surface area contributed by atoms with Gasteiger partial charge in [0.1, 0.15) is 23.0 Å². The van der Waals surface area contributed by atoms with Gasteiger partial charge in [-0.2, -0.15) is 0 Å². The minimum Gasteiger partial charge on any atom is -0.496 e. The molecule has 0 aromatic heterocycles. The molecule has 1 N–H and O–H groups in total. The van der Waals surface area contributed by atoms with Crippen LogP contribution in [-0.4, -0.2) is 25.3 Å². The minimum absolute atomic E-state index is 0.172. The van der Waals surface area contributed by atoms with Gasteiger partial charge in [-0.1, -0.05) is 6.07 Å². The van der Waals surface area contributed by atoms with Crippen molar-refractivity contribution in [2.75, 3.05) is 14.2 Å². The van der Waals surface area contributed by atoms with Crippen LogP contribution in [0.25, 0.3) is 0 Å². The van der Waals surface area contributed by atoms with Crippen molar-refractivity contribution in [3.05, 3.63) is 47.5 Å². The van der Waals surface area contributed by atoms with E-state index < -0.39 is 5.97 Å². The third kappa shape index (κ3) is 3.45. The minimum atomic E-state index is -0.997. The first kappa shape index (κ1) is 14.7. The molecule has 0 heterocycles. The van der Waals surface area contributed by atoms with E-state index in [1.807, 2.05) is 6.92 Å². The molecule has 0 aliphatic heterocycles. The Kier molecular flexibility index (Phi) is 4.33. The van der Waals surface area contributed by atoms with E-state index in [9.17, 15) is 4.79 Å². The molecule has 0 spiro atoms. The second-order valence-electron chi connectivity index (χ2n) is 4.44. The molecule has 2 aromatic rings. The molecule has 0 aliphatic rings. The second-order valence-corrected chi connectivity index (χ2v) is 4.44. The Morgan fingerprint density at radius 1 is 0.952 bits per heavy atom. The summed E-state index contributed by atoms with van der Waals surface area (Å²) in [6.45, 7) is 1.85. The van der Waals surface area contributed by atoms with Gasteiger partial charge in [-0.25, -0.2) is 4.79 Å². The molecule has 0 saturated carbocycles. The Morgan fingerprint density at radius 2 is 1.52 bits per heavy atom. The summed E-state index contributed by atoms with van der Waals surface area (Å²) < 4.78 is 16.1. The van der Waals surface area contributed by atoms with Crippen LogP contribution >= 0.6 is 0 Å². The molecule has 0 fully saturated rings. The van der Waals surface area contributed by atoms with Crippen molar-refractivity contribution in [2.24, 2.45) is 0 Å². The third-order valence-electron chi connectivity index (χ3n) is 2.99. The number of ether oxygens (including phenoxy) is 3. The van der Waals surface area contributed by atoms with Crippen LogP contribution < -0.4 is 14.2 Å². The van der Waals surface area contributed by atoms with Gasteiger partial charge in [0, 0.05) is 18.2 Å². The largest absolute Gasteiger partial charge is 0.496 e. The van der Waals surface area contributed by atoms with Gasteiger partial charge in [0.05, 0.1) is 19.8 Å². The van der Waals surface area contributed by atoms with Crippen molar-refractivity contribution in [2.45, 2.75) is 6.92 Å². The number of carboxylic acids is 1. The highest BCUT2D eigenvalue weighted by atomic mass is 16.5. The molecule has 0 bridgehead atoms. The first-order valence-corrected chi connectivity index (χ1v) is 6.28. The number of carbonyl (C=O) groups is 1. The first-order valence-electron chi connectivity index (χ1n) is 6.28. The summed E-state index contributed by atoms with van der Waals surface area (Å²) >= 11 is 0. The lowest BCUT2D eigenvalue weighted by Gasteiger charge is -2.12. The molecule has 0 unspecified atom stereocenters. The van der Waals surface area contributed by atoms with Crippen molar-refractivity contribution in [3.8, 4) is 23.0 Å². The molecule has 110 valence electrons. The Balaban J connectivity index is 2.37. The van der Waals surface area contributed by atoms with Gasteiger partial charge in [-0.3, -0.25) is 0 Å². The molecule has 2 aromatic carbocycles. The van der Waals surface area contributed by atoms with Gasteiger partial charge in [-0.05, 0) is 24.6 Å². The van der Waals surface area contributed by atoms with Gasteiger partial charge in [0.15, 0.2) is 0 Å². The van der Waals surface area contributed by atoms with Crippen LogP contribution in [0.15, 0.2) is 36.4 Å². The molecular formula is C16H16O5. The predicted molar refractivity (Wildman–Crippen MR) is 77.8 cm³/mol. The highest BCUT2D eigenvalue weighted by Crippen LogP contribution is 2.32. The van der Waals surface area contributed by atoms with Crippen molar-refractivity contribution in [1.82, 2.24) is 0 Å². The summed E-state index contributed by atoms with van der Waals surface area (Å²) in [5.41, 5.74) is 1.01. The maximum atomic E-state index is 11.0. The van der Waals surface area contributed by atoms with E-state index in [2.05, 4.69) is 0 Å². The maximum absolute atomic E-state index is 11.0. The molecule has 0 atom stereocenters. The Labute approximate surface area is 122 Å². The van der Waals surface area contributed by atoms with E-state index in [1.54, 1.807) is 38.5 Å². The number of benzene rings is 2. The zero-order valence-electron chi connectivity index (χ0n) is 12.0. The van der Waals surface area contributed by atoms with Crippen LogP contribution in [0.2, 0.25) is 0 Å². The molecule has 0 amide bonds. The fourth-order valence-electron chi connectivity index (χ4n) is 1.81. The normalized spacial score (nSPS) is 10.0. The second kappa shape index (κ2) is 6.17. The molecular weight excluding hydrogens is 272 g/mol. The van der Waals surface area contributed by atoms with Crippen molar-refractivity contribution >= 4 is 5.97 Å². The number of aromatic carboxylic acids is 1. The topological polar surface area (TPSA) is 65.0 Å². The maximum Gasteiger partial charge on any atom is 0.335 e. The fourth-order valence-corrected chi connectivity index (χ4v) is 1.81. The van der Waals surface area contributed by atoms with Crippen molar-refractivity contribution in [3.63, 3.8) is 0 Å². The van der Waals surface area contributed by atoms with Gasteiger partial charge < -0.3 is 19.3 Å². The van der Waals surface area contributed by atoms with E-state index >= 15 is 0 Å². The zero-order chi connectivity index (χ0) is 15.4. The number of methoxy groups -OCH3 is 2. The van der Waals surface area contributed by atoms with E-state index in [-0.39, 0.29) is 5.56 Å². The SMILES string of the molecule is COc1cc(OC)cc(Oc2cc(C(=O)O)ccc2C)c1. The highest BCUT2D eigenvalue weighted by molar-refractivity contribution is 5.88. The highest BCUT2D eigenvalue weighted by Gasteiger charge is 2.10. The lowest BCUT2D eigenvalue weighted by Crippen LogP contribution is -1.98. The Bertz CT molecular complexity index is 641. The molecule has 0 aliphatic carbocycles. The lowest BCUT2D eigenvalue weighted by molar-refractivity contribution is 0.0696. The summed E-state index contributed by atoms with van der Waals surface area (Å²) in [6, 6.07) is 9.87. The molecule has 2 rings (SSSR count). The monoisotopic (exact) mass is 288 g/mol. The summed E-state index contributed by atoms with van der Waals surface area (Å²) in [6.07, 6.45) is 0. The van der Waals surface area contributed by atoms with Crippen LogP contribution in [-0.2, 0) is 0 Å². The number of hydrogen-bond donors (Lipinski definition) is 1. The first-order chi connectivity index (χ1) is 10.0. The Hall–Kier alpha value is -2.69. The summed E-state index contributed by atoms with van der Waals surface area (Å²) in [7, 11) is 3.10. The van der Waals surface area contributed by atoms with Crippen LogP contribution in [0.4, 0.5) is 0 Å². The predicted octanol–water partition coefficient (Wildman–Crippen LogP) is 3.50. The Morgan fingerprint density at radius 3 is 2.05 bits per heavy atom. The number of rotatable bonds is 5. The quantitative estimate of drug-likeness (QED) is 0.912. The standard InChI is InChI=1S/C16H16O5/c1-10-4-5-11(16(17)18)6-15(10)21-14-8-12(19-2)7-13(9-14)20-3/h4-9H,1-3H3,(H,17,18). The fraction of sp³-hybridized carbons (Fsp3) is 0.188. The van der Waals surface area contributed by atoms with Crippen LogP contribution in [0.1, 0.15) is 15.9 Å². The number of aryl methyl sites for hydroxylation is 1. The molecule has 5 nitrogen and oxygen atoms in total. The summed E-state index contributed by atoms with van der Waals surface area (Å²) in [5, 5.41) is 9.04. The summed E-state index contributed by atoms with van der Waals surface area (Å²) in [4.78, 5) is 11.0.